The van der Waals surface area contributed by atoms with Crippen LogP contribution < -0.4 is 5.32 Å². The number of nitrogens with one attached hydrogen (secondary N) is 1. The van der Waals surface area contributed by atoms with Gasteiger partial charge in [0.1, 0.15) is 0 Å². The van der Waals surface area contributed by atoms with Crippen molar-refractivity contribution in [1.29, 1.82) is 0 Å². The molecule has 2 aliphatic heterocycles. The topological polar surface area (TPSA) is 15.3 Å². The van der Waals surface area contributed by atoms with Crippen molar-refractivity contribution in [3.63, 3.8) is 0 Å². The summed E-state index contributed by atoms with van der Waals surface area (Å²) in [6.07, 6.45) is 2.75. The fourth-order valence-electron chi connectivity index (χ4n) is 2.85. The summed E-state index contributed by atoms with van der Waals surface area (Å²) in [5, 5.41) is 3.53. The third-order valence-electron chi connectivity index (χ3n) is 3.65. The van der Waals surface area contributed by atoms with Crippen molar-refractivity contribution in [3.8, 4) is 0 Å². The zero-order valence-corrected chi connectivity index (χ0v) is 9.08. The zero-order valence-electron chi connectivity index (χ0n) is 9.08. The van der Waals surface area contributed by atoms with Crippen LogP contribution in [0.4, 0.5) is 0 Å². The lowest BCUT2D eigenvalue weighted by Gasteiger charge is -2.33. The number of nitrogens with zero attached hydrogens (tertiary/aromatic N) is 1. The van der Waals surface area contributed by atoms with E-state index in [0.717, 1.165) is 13.1 Å². The Kier molecular flexibility index (Phi) is 2.47. The Balaban J connectivity index is 1.91. The SMILES string of the molecule is c1ccc2c(c1)CNC[C@H]2N1CCCC1. The number of hydrogen-bond donors (Lipinski definition) is 1. The Labute approximate surface area is 91.3 Å². The van der Waals surface area contributed by atoms with Crippen molar-refractivity contribution in [3.05, 3.63) is 35.4 Å². The second-order valence-corrected chi connectivity index (χ2v) is 4.59. The van der Waals surface area contributed by atoms with Gasteiger partial charge in [-0.2, -0.15) is 0 Å². The molecule has 2 aliphatic rings. The van der Waals surface area contributed by atoms with E-state index >= 15 is 0 Å². The smallest absolute Gasteiger partial charge is 0.0476 e. The van der Waals surface area contributed by atoms with E-state index in [-0.39, 0.29) is 0 Å². The lowest BCUT2D eigenvalue weighted by Crippen LogP contribution is -2.38. The average Bonchev–Trinajstić information content (AvgIpc) is 2.82. The first kappa shape index (κ1) is 9.37. The summed E-state index contributed by atoms with van der Waals surface area (Å²) < 4.78 is 0. The molecule has 1 fully saturated rings. The molecule has 0 amide bonds. The highest BCUT2D eigenvalue weighted by Gasteiger charge is 2.26. The Morgan fingerprint density at radius 3 is 2.80 bits per heavy atom. The first-order valence-electron chi connectivity index (χ1n) is 5.98. The molecule has 0 unspecified atom stereocenters. The van der Waals surface area contributed by atoms with Gasteiger partial charge in [0.25, 0.3) is 0 Å². The molecular weight excluding hydrogens is 184 g/mol. The largest absolute Gasteiger partial charge is 0.311 e. The number of rotatable bonds is 1. The van der Waals surface area contributed by atoms with Crippen LogP contribution in [0.25, 0.3) is 0 Å². The van der Waals surface area contributed by atoms with Gasteiger partial charge in [0.2, 0.25) is 0 Å². The van der Waals surface area contributed by atoms with Crippen LogP contribution in [-0.2, 0) is 6.54 Å². The first-order valence-corrected chi connectivity index (χ1v) is 5.98. The zero-order chi connectivity index (χ0) is 10.1. The number of benzene rings is 1. The monoisotopic (exact) mass is 202 g/mol. The Morgan fingerprint density at radius 1 is 1.13 bits per heavy atom. The van der Waals surface area contributed by atoms with Crippen LogP contribution in [-0.4, -0.2) is 24.5 Å². The summed E-state index contributed by atoms with van der Waals surface area (Å²) in [7, 11) is 0. The van der Waals surface area contributed by atoms with Gasteiger partial charge in [-0.3, -0.25) is 4.90 Å². The summed E-state index contributed by atoms with van der Waals surface area (Å²) in [4.78, 5) is 2.63. The van der Waals surface area contributed by atoms with Gasteiger partial charge in [0.05, 0.1) is 0 Å². The molecule has 1 aromatic carbocycles. The van der Waals surface area contributed by atoms with Crippen molar-refractivity contribution in [2.45, 2.75) is 25.4 Å². The summed E-state index contributed by atoms with van der Waals surface area (Å²) in [6, 6.07) is 9.50. The molecule has 1 atom stereocenters. The minimum Gasteiger partial charge on any atom is -0.311 e. The summed E-state index contributed by atoms with van der Waals surface area (Å²) in [6.45, 7) is 4.72. The van der Waals surface area contributed by atoms with Crippen LogP contribution in [0.3, 0.4) is 0 Å². The summed E-state index contributed by atoms with van der Waals surface area (Å²) in [5.41, 5.74) is 3.04. The van der Waals surface area contributed by atoms with Crippen molar-refractivity contribution >= 4 is 0 Å². The van der Waals surface area contributed by atoms with Gasteiger partial charge in [-0.05, 0) is 37.1 Å². The molecule has 1 aromatic rings. The molecule has 0 bridgehead atoms. The van der Waals surface area contributed by atoms with Gasteiger partial charge < -0.3 is 5.32 Å². The number of fused-ring (bicyclic) bond motifs is 1. The van der Waals surface area contributed by atoms with Crippen molar-refractivity contribution in [1.82, 2.24) is 10.2 Å². The van der Waals surface area contributed by atoms with Crippen LogP contribution in [0.1, 0.15) is 30.0 Å². The van der Waals surface area contributed by atoms with Gasteiger partial charge in [-0.15, -0.1) is 0 Å². The molecule has 1 saturated heterocycles. The minimum absolute atomic E-state index is 0.623. The fourth-order valence-corrected chi connectivity index (χ4v) is 2.85. The normalized spacial score (nSPS) is 26.5. The third kappa shape index (κ3) is 1.68. The number of likely N-dealkylation sites (tertiary alicyclic amines) is 1. The molecule has 0 radical (unpaired) electrons. The molecular formula is C13H18N2. The van der Waals surface area contributed by atoms with E-state index in [1.54, 1.807) is 5.56 Å². The Morgan fingerprint density at radius 2 is 1.93 bits per heavy atom. The lowest BCUT2D eigenvalue weighted by molar-refractivity contribution is 0.228. The fraction of sp³-hybridized carbons (Fsp3) is 0.538. The van der Waals surface area contributed by atoms with E-state index in [9.17, 15) is 0 Å². The van der Waals surface area contributed by atoms with Gasteiger partial charge in [-0.25, -0.2) is 0 Å². The maximum atomic E-state index is 3.53. The van der Waals surface area contributed by atoms with Gasteiger partial charge in [-0.1, -0.05) is 24.3 Å². The Hall–Kier alpha value is -0.860. The summed E-state index contributed by atoms with van der Waals surface area (Å²) >= 11 is 0. The standard InChI is InChI=1S/C13H18N2/c1-2-6-12-11(5-1)9-14-10-13(12)15-7-3-4-8-15/h1-2,5-6,13-14H,3-4,7-10H2/t13-/m1/s1. The molecule has 15 heavy (non-hydrogen) atoms. The molecule has 0 spiro atoms. The highest BCUT2D eigenvalue weighted by molar-refractivity contribution is 5.32. The average molecular weight is 202 g/mol. The molecule has 0 aliphatic carbocycles. The molecule has 0 saturated carbocycles. The van der Waals surface area contributed by atoms with Crippen LogP contribution in [0, 0.1) is 0 Å². The van der Waals surface area contributed by atoms with Crippen LogP contribution in [0.2, 0.25) is 0 Å². The highest BCUT2D eigenvalue weighted by Crippen LogP contribution is 2.29. The van der Waals surface area contributed by atoms with E-state index in [4.69, 9.17) is 0 Å². The molecule has 0 aromatic heterocycles. The van der Waals surface area contributed by atoms with Crippen LogP contribution in [0.15, 0.2) is 24.3 Å². The first-order chi connectivity index (χ1) is 7.45. The number of hydrogen-bond acceptors (Lipinski definition) is 2. The van der Waals surface area contributed by atoms with Crippen molar-refractivity contribution in [2.75, 3.05) is 19.6 Å². The van der Waals surface area contributed by atoms with Gasteiger partial charge >= 0.3 is 0 Å². The molecule has 2 heterocycles. The van der Waals surface area contributed by atoms with E-state index in [1.807, 2.05) is 0 Å². The van der Waals surface area contributed by atoms with Gasteiger partial charge in [0, 0.05) is 19.1 Å². The predicted molar refractivity (Wildman–Crippen MR) is 61.7 cm³/mol. The molecule has 2 nitrogen and oxygen atoms in total. The Bertz CT molecular complexity index is 342. The van der Waals surface area contributed by atoms with E-state index in [1.165, 1.54) is 31.5 Å². The second kappa shape index (κ2) is 3.95. The van der Waals surface area contributed by atoms with E-state index in [2.05, 4.69) is 34.5 Å². The second-order valence-electron chi connectivity index (χ2n) is 4.59. The maximum Gasteiger partial charge on any atom is 0.0476 e. The molecule has 2 heteroatoms. The van der Waals surface area contributed by atoms with E-state index < -0.39 is 0 Å². The van der Waals surface area contributed by atoms with Gasteiger partial charge in [0.15, 0.2) is 0 Å². The van der Waals surface area contributed by atoms with E-state index in [0.29, 0.717) is 6.04 Å². The molecule has 1 N–H and O–H groups in total. The molecule has 80 valence electrons. The molecule has 3 rings (SSSR count). The third-order valence-corrected chi connectivity index (χ3v) is 3.65. The van der Waals surface area contributed by atoms with Crippen molar-refractivity contribution < 1.29 is 0 Å². The minimum atomic E-state index is 0.623. The maximum absolute atomic E-state index is 3.53. The highest BCUT2D eigenvalue weighted by atomic mass is 15.2. The lowest BCUT2D eigenvalue weighted by atomic mass is 9.96. The quantitative estimate of drug-likeness (QED) is 0.748. The van der Waals surface area contributed by atoms with Crippen LogP contribution in [0.5, 0.6) is 0 Å². The predicted octanol–water partition coefficient (Wildman–Crippen LogP) is 1.93. The summed E-state index contributed by atoms with van der Waals surface area (Å²) in [5.74, 6) is 0. The van der Waals surface area contributed by atoms with Crippen LogP contribution >= 0.6 is 0 Å². The van der Waals surface area contributed by atoms with Crippen molar-refractivity contribution in [2.24, 2.45) is 0 Å².